The van der Waals surface area contributed by atoms with Gasteiger partial charge in [0.05, 0.1) is 0 Å². The molecule has 2 amide bonds. The molecule has 6 nitrogen and oxygen atoms in total. The van der Waals surface area contributed by atoms with Gasteiger partial charge in [0.2, 0.25) is 0 Å². The fraction of sp³-hybridized carbons (Fsp3) is 0.0476. The van der Waals surface area contributed by atoms with E-state index in [-0.39, 0.29) is 10.8 Å². The number of nitrogens with zero attached hydrogens (tertiary/aromatic N) is 1. The van der Waals surface area contributed by atoms with Crippen molar-refractivity contribution in [3.05, 3.63) is 97.7 Å². The van der Waals surface area contributed by atoms with Crippen molar-refractivity contribution in [2.45, 2.75) is 5.75 Å². The Morgan fingerprint density at radius 3 is 2.48 bits per heavy atom. The van der Waals surface area contributed by atoms with Gasteiger partial charge in [0.15, 0.2) is 0 Å². The molecule has 0 fully saturated rings. The second-order valence-electron chi connectivity index (χ2n) is 6.32. The van der Waals surface area contributed by atoms with Crippen LogP contribution in [-0.4, -0.2) is 29.3 Å². The fourth-order valence-electron chi connectivity index (χ4n) is 2.53. The summed E-state index contributed by atoms with van der Waals surface area (Å²) in [5.41, 5.74) is 2.16. The molecular weight excluding hydrogens is 520 g/mol. The molecule has 158 valence electrons. The number of anilines is 2. The van der Waals surface area contributed by atoms with Crippen molar-refractivity contribution >= 4 is 63.5 Å². The molecule has 3 rings (SSSR count). The van der Waals surface area contributed by atoms with Crippen LogP contribution in [0.3, 0.4) is 0 Å². The summed E-state index contributed by atoms with van der Waals surface area (Å²) < 4.78 is 28.6. The third kappa shape index (κ3) is 7.30. The van der Waals surface area contributed by atoms with Gasteiger partial charge in [-0.1, -0.05) is 0 Å². The van der Waals surface area contributed by atoms with Gasteiger partial charge in [-0.25, -0.2) is 0 Å². The van der Waals surface area contributed by atoms with Crippen LogP contribution in [0.5, 0.6) is 0 Å². The number of carbonyl (C=O) groups is 1. The number of benzene rings is 3. The van der Waals surface area contributed by atoms with Crippen LogP contribution in [0.2, 0.25) is 10.0 Å². The molecule has 0 heterocycles. The minimum atomic E-state index is -3.28. The first kappa shape index (κ1) is 23.2. The Balaban J connectivity index is 1.61. The third-order valence-electron chi connectivity index (χ3n) is 3.89. The second-order valence-corrected chi connectivity index (χ2v) is 14.3. The molecule has 0 saturated heterocycles. The fourth-order valence-corrected chi connectivity index (χ4v) is 6.65. The van der Waals surface area contributed by atoms with Crippen LogP contribution in [0.4, 0.5) is 16.2 Å². The van der Waals surface area contributed by atoms with E-state index in [1.54, 1.807) is 66.7 Å². The average molecular weight is 537 g/mol. The number of carbonyl (C=O) groups excluding carboxylic acids is 1. The molecule has 0 aliphatic heterocycles. The molecule has 10 heteroatoms. The van der Waals surface area contributed by atoms with Crippen LogP contribution >= 0.6 is 23.2 Å². The Kier molecular flexibility index (Phi) is 8.00. The van der Waals surface area contributed by atoms with E-state index >= 15 is 0 Å². The van der Waals surface area contributed by atoms with Gasteiger partial charge in [0, 0.05) is 0 Å². The summed E-state index contributed by atoms with van der Waals surface area (Å²) >= 11 is 10.4. The maximum absolute atomic E-state index is 12.3. The predicted octanol–water partition coefficient (Wildman–Crippen LogP) is 5.20. The Hall–Kier alpha value is -2.49. The predicted molar refractivity (Wildman–Crippen MR) is 128 cm³/mol. The minimum absolute atomic E-state index is 0.0349. The zero-order chi connectivity index (χ0) is 22.3. The first-order chi connectivity index (χ1) is 14.8. The van der Waals surface area contributed by atoms with Gasteiger partial charge in [-0.15, -0.1) is 0 Å². The molecule has 1 atom stereocenters. The number of hydrogen-bond donors (Lipinski definition) is 2. The van der Waals surface area contributed by atoms with E-state index < -0.39 is 29.0 Å². The Bertz CT molecular complexity index is 1260. The number of amides is 2. The van der Waals surface area contributed by atoms with Crippen molar-refractivity contribution < 1.29 is 13.2 Å². The molecule has 0 aliphatic carbocycles. The van der Waals surface area contributed by atoms with E-state index in [1.807, 2.05) is 6.07 Å². The SMILES string of the molecule is O=C(Nc1cccc(C#[N+][AsH]S(=O)(=O)Cc2ccccc2)c1)Nc1cccc(Cl)c1Cl. The van der Waals surface area contributed by atoms with Crippen molar-refractivity contribution in [1.29, 1.82) is 0 Å². The summed E-state index contributed by atoms with van der Waals surface area (Å²) in [4.78, 5) is 12.2. The van der Waals surface area contributed by atoms with Crippen LogP contribution in [-0.2, 0) is 13.9 Å². The Labute approximate surface area is 196 Å². The summed E-state index contributed by atoms with van der Waals surface area (Å²) in [5.74, 6) is -0.0349. The second kappa shape index (κ2) is 10.7. The monoisotopic (exact) mass is 536 g/mol. The van der Waals surface area contributed by atoms with E-state index in [0.29, 0.717) is 22.0 Å². The number of halogens is 2. The molecule has 3 aromatic carbocycles. The summed E-state index contributed by atoms with van der Waals surface area (Å²) in [6.07, 6.45) is 0. The molecule has 0 aromatic heterocycles. The summed E-state index contributed by atoms with van der Waals surface area (Å²) in [5, 5.41) is 5.87. The molecule has 0 aliphatic rings. The van der Waals surface area contributed by atoms with E-state index in [1.165, 1.54) is 0 Å². The van der Waals surface area contributed by atoms with E-state index in [0.717, 1.165) is 5.56 Å². The first-order valence-corrected chi connectivity index (χ1v) is 14.9. The maximum atomic E-state index is 12.3. The van der Waals surface area contributed by atoms with Crippen molar-refractivity contribution in [3.8, 4) is 6.07 Å². The van der Waals surface area contributed by atoms with Gasteiger partial charge in [0.1, 0.15) is 0 Å². The molecule has 1 unspecified atom stereocenters. The van der Waals surface area contributed by atoms with Gasteiger partial charge < -0.3 is 0 Å². The molecule has 31 heavy (non-hydrogen) atoms. The van der Waals surface area contributed by atoms with Gasteiger partial charge in [0.25, 0.3) is 0 Å². The molecular formula is C21H17AsCl2N3O3S+. The quantitative estimate of drug-likeness (QED) is 0.440. The Morgan fingerprint density at radius 2 is 1.71 bits per heavy atom. The molecule has 0 bridgehead atoms. The average Bonchev–Trinajstić information content (AvgIpc) is 2.72. The van der Waals surface area contributed by atoms with Crippen LogP contribution in [0.25, 0.3) is 3.76 Å². The Morgan fingerprint density at radius 1 is 0.968 bits per heavy atom. The molecule has 2 N–H and O–H groups in total. The van der Waals surface area contributed by atoms with Gasteiger partial charge in [-0.2, -0.15) is 0 Å². The first-order valence-electron chi connectivity index (χ1n) is 8.94. The zero-order valence-electron chi connectivity index (χ0n) is 16.0. The topological polar surface area (TPSA) is 79.6 Å². The van der Waals surface area contributed by atoms with Crippen LogP contribution in [0, 0.1) is 6.07 Å². The number of urea groups is 1. The van der Waals surface area contributed by atoms with Crippen molar-refractivity contribution in [2.24, 2.45) is 0 Å². The summed E-state index contributed by atoms with van der Waals surface area (Å²) in [6.45, 7) is 0. The van der Waals surface area contributed by atoms with Crippen LogP contribution in [0.15, 0.2) is 72.8 Å². The van der Waals surface area contributed by atoms with E-state index in [4.69, 9.17) is 23.2 Å². The third-order valence-corrected chi connectivity index (χ3v) is 9.26. The van der Waals surface area contributed by atoms with E-state index in [9.17, 15) is 13.2 Å². The van der Waals surface area contributed by atoms with E-state index in [2.05, 4.69) is 20.5 Å². The molecule has 0 radical (unpaired) electrons. The molecule has 0 spiro atoms. The summed E-state index contributed by atoms with van der Waals surface area (Å²) in [6, 6.07) is 22.9. The summed E-state index contributed by atoms with van der Waals surface area (Å²) in [7, 11) is -3.28. The number of nitrogens with one attached hydrogen (secondary N) is 2. The zero-order valence-corrected chi connectivity index (χ0v) is 20.4. The normalized spacial score (nSPS) is 11.0. The molecule has 0 saturated carbocycles. The molecule has 3 aromatic rings. The van der Waals surface area contributed by atoms with Crippen LogP contribution in [0.1, 0.15) is 11.1 Å². The number of hydrogen-bond acceptors (Lipinski definition) is 3. The van der Waals surface area contributed by atoms with Gasteiger partial charge in [-0.3, -0.25) is 0 Å². The van der Waals surface area contributed by atoms with Gasteiger partial charge in [-0.05, 0) is 0 Å². The van der Waals surface area contributed by atoms with Gasteiger partial charge >= 0.3 is 197 Å². The van der Waals surface area contributed by atoms with Crippen LogP contribution < -0.4 is 10.6 Å². The standard InChI is InChI=1S/C21H16AsCl2N3O3S/c23-18-10-5-11-19(20(18)24)27-21(28)26-17-9-4-8-16(12-17)13-25-22-31(29,30)14-15-6-2-1-3-7-15/h1-12,22H,14H2,(H-,26,27,28)/p+1. The van der Waals surface area contributed by atoms with Crippen molar-refractivity contribution in [1.82, 2.24) is 0 Å². The van der Waals surface area contributed by atoms with Crippen molar-refractivity contribution in [3.63, 3.8) is 0 Å². The number of rotatable bonds is 5. The van der Waals surface area contributed by atoms with Crippen molar-refractivity contribution in [2.75, 3.05) is 10.6 Å².